The number of ether oxygens (including phenoxy) is 2. The molecule has 5 nitrogen and oxygen atoms in total. The van der Waals surface area contributed by atoms with E-state index in [9.17, 15) is 0 Å². The molecule has 0 aliphatic rings. The van der Waals surface area contributed by atoms with Gasteiger partial charge in [-0.3, -0.25) is 0 Å². The van der Waals surface area contributed by atoms with Crippen LogP contribution in [0.5, 0.6) is 0 Å². The Kier molecular flexibility index (Phi) is 8.10. The van der Waals surface area contributed by atoms with Crippen LogP contribution >= 0.6 is 12.2 Å². The summed E-state index contributed by atoms with van der Waals surface area (Å²) in [6, 6.07) is 3.72. The Morgan fingerprint density at radius 2 is 1.85 bits per heavy atom. The molecule has 2 N–H and O–H groups in total. The highest BCUT2D eigenvalue weighted by Crippen LogP contribution is 2.16. The molecule has 0 unspecified atom stereocenters. The number of hydrogen-bond acceptors (Lipinski definition) is 5. The predicted octanol–water partition coefficient (Wildman–Crippen LogP) is 1.60. The summed E-state index contributed by atoms with van der Waals surface area (Å²) in [7, 11) is 0. The van der Waals surface area contributed by atoms with E-state index in [0.717, 1.165) is 24.5 Å². The molecule has 0 radical (unpaired) electrons. The molecular formula is C14H23N3O2S. The van der Waals surface area contributed by atoms with E-state index in [-0.39, 0.29) is 0 Å². The first-order valence-electron chi connectivity index (χ1n) is 6.85. The van der Waals surface area contributed by atoms with Crippen molar-refractivity contribution in [3.63, 3.8) is 0 Å². The molecule has 112 valence electrons. The summed E-state index contributed by atoms with van der Waals surface area (Å²) < 4.78 is 10.8. The Bertz CT molecular complexity index is 405. The van der Waals surface area contributed by atoms with Crippen molar-refractivity contribution in [1.82, 2.24) is 4.98 Å². The van der Waals surface area contributed by atoms with E-state index in [4.69, 9.17) is 27.4 Å². The molecule has 6 heteroatoms. The summed E-state index contributed by atoms with van der Waals surface area (Å²) in [6.07, 6.45) is 1.74. The van der Waals surface area contributed by atoms with Crippen LogP contribution in [0, 0.1) is 0 Å². The van der Waals surface area contributed by atoms with E-state index >= 15 is 0 Å². The highest BCUT2D eigenvalue weighted by atomic mass is 32.1. The van der Waals surface area contributed by atoms with E-state index in [2.05, 4.69) is 9.88 Å². The number of aromatic nitrogens is 1. The molecule has 20 heavy (non-hydrogen) atoms. The fraction of sp³-hybridized carbons (Fsp3) is 0.571. The van der Waals surface area contributed by atoms with Crippen molar-refractivity contribution in [3.05, 3.63) is 23.9 Å². The lowest BCUT2D eigenvalue weighted by atomic mass is 10.2. The smallest absolute Gasteiger partial charge is 0.138 e. The monoisotopic (exact) mass is 297 g/mol. The molecule has 0 atom stereocenters. The zero-order valence-electron chi connectivity index (χ0n) is 12.2. The SMILES string of the molecule is CCOCCN(CCOCC)c1ncccc1C(N)=S. The van der Waals surface area contributed by atoms with E-state index in [1.165, 1.54) is 0 Å². The maximum Gasteiger partial charge on any atom is 0.138 e. The first-order valence-corrected chi connectivity index (χ1v) is 7.26. The second-order valence-electron chi connectivity index (χ2n) is 4.12. The molecule has 0 spiro atoms. The summed E-state index contributed by atoms with van der Waals surface area (Å²) in [5, 5.41) is 0. The number of anilines is 1. The zero-order valence-corrected chi connectivity index (χ0v) is 13.0. The van der Waals surface area contributed by atoms with E-state index < -0.39 is 0 Å². The molecule has 1 heterocycles. The van der Waals surface area contributed by atoms with Crippen LogP contribution in [-0.2, 0) is 9.47 Å². The highest BCUT2D eigenvalue weighted by molar-refractivity contribution is 7.80. The highest BCUT2D eigenvalue weighted by Gasteiger charge is 2.14. The zero-order chi connectivity index (χ0) is 14.8. The van der Waals surface area contributed by atoms with Crippen LogP contribution in [0.3, 0.4) is 0 Å². The van der Waals surface area contributed by atoms with Crippen LogP contribution in [0.25, 0.3) is 0 Å². The summed E-state index contributed by atoms with van der Waals surface area (Å²) in [6.45, 7) is 8.08. The van der Waals surface area contributed by atoms with Crippen LogP contribution < -0.4 is 10.6 Å². The summed E-state index contributed by atoms with van der Waals surface area (Å²) in [4.78, 5) is 6.85. The third-order valence-electron chi connectivity index (χ3n) is 2.77. The molecule has 0 aromatic carbocycles. The van der Waals surface area contributed by atoms with Crippen molar-refractivity contribution < 1.29 is 9.47 Å². The lowest BCUT2D eigenvalue weighted by Crippen LogP contribution is -2.33. The summed E-state index contributed by atoms with van der Waals surface area (Å²) in [5.41, 5.74) is 6.55. The summed E-state index contributed by atoms with van der Waals surface area (Å²) >= 11 is 5.09. The molecule has 0 aliphatic carbocycles. The van der Waals surface area contributed by atoms with Gasteiger partial charge >= 0.3 is 0 Å². The molecule has 1 rings (SSSR count). The van der Waals surface area contributed by atoms with E-state index in [1.54, 1.807) is 6.20 Å². The second kappa shape index (κ2) is 9.63. The lowest BCUT2D eigenvalue weighted by Gasteiger charge is -2.25. The molecular weight excluding hydrogens is 274 g/mol. The van der Waals surface area contributed by atoms with Gasteiger partial charge in [0.25, 0.3) is 0 Å². The Morgan fingerprint density at radius 1 is 1.25 bits per heavy atom. The third kappa shape index (κ3) is 5.40. The predicted molar refractivity (Wildman–Crippen MR) is 85.3 cm³/mol. The van der Waals surface area contributed by atoms with Gasteiger partial charge in [0.2, 0.25) is 0 Å². The van der Waals surface area contributed by atoms with Crippen molar-refractivity contribution in [2.24, 2.45) is 5.73 Å². The quantitative estimate of drug-likeness (QED) is 0.523. The topological polar surface area (TPSA) is 60.6 Å². The van der Waals surface area contributed by atoms with Gasteiger partial charge in [-0.25, -0.2) is 4.98 Å². The number of nitrogens with two attached hydrogens (primary N) is 1. The van der Waals surface area contributed by atoms with Gasteiger partial charge < -0.3 is 20.1 Å². The van der Waals surface area contributed by atoms with Crippen LogP contribution in [0.4, 0.5) is 5.82 Å². The first kappa shape index (κ1) is 16.8. The Morgan fingerprint density at radius 3 is 2.35 bits per heavy atom. The molecule has 0 amide bonds. The van der Waals surface area contributed by atoms with Gasteiger partial charge in [-0.05, 0) is 26.0 Å². The largest absolute Gasteiger partial charge is 0.389 e. The van der Waals surface area contributed by atoms with Gasteiger partial charge in [0.15, 0.2) is 0 Å². The van der Waals surface area contributed by atoms with Crippen LogP contribution in [0.2, 0.25) is 0 Å². The van der Waals surface area contributed by atoms with Crippen molar-refractivity contribution >= 4 is 23.0 Å². The average Bonchev–Trinajstić information content (AvgIpc) is 2.46. The number of rotatable bonds is 10. The minimum atomic E-state index is 0.353. The third-order valence-corrected chi connectivity index (χ3v) is 2.99. The standard InChI is InChI=1S/C14H23N3O2S/c1-3-18-10-8-17(9-11-19-4-2)14-12(13(15)20)6-5-7-16-14/h5-7H,3-4,8-11H2,1-2H3,(H2,15,20). The maximum absolute atomic E-state index is 5.76. The minimum absolute atomic E-state index is 0.353. The van der Waals surface area contributed by atoms with Gasteiger partial charge in [0, 0.05) is 32.5 Å². The second-order valence-corrected chi connectivity index (χ2v) is 4.56. The minimum Gasteiger partial charge on any atom is -0.389 e. The fourth-order valence-electron chi connectivity index (χ4n) is 1.80. The molecule has 0 fully saturated rings. The Labute approximate surface area is 126 Å². The van der Waals surface area contributed by atoms with E-state index in [0.29, 0.717) is 31.4 Å². The van der Waals surface area contributed by atoms with Crippen LogP contribution in [-0.4, -0.2) is 49.5 Å². The molecule has 1 aromatic rings. The van der Waals surface area contributed by atoms with Gasteiger partial charge in [-0.1, -0.05) is 12.2 Å². The maximum atomic E-state index is 5.76. The van der Waals surface area contributed by atoms with Crippen molar-refractivity contribution in [3.8, 4) is 0 Å². The molecule has 0 saturated heterocycles. The van der Waals surface area contributed by atoms with Gasteiger partial charge in [-0.2, -0.15) is 0 Å². The van der Waals surface area contributed by atoms with Crippen LogP contribution in [0.15, 0.2) is 18.3 Å². The Balaban J connectivity index is 2.81. The first-order chi connectivity index (χ1) is 9.70. The Hall–Kier alpha value is -1.24. The summed E-state index contributed by atoms with van der Waals surface area (Å²) in [5.74, 6) is 0.791. The molecule has 0 aliphatic heterocycles. The number of hydrogen-bond donors (Lipinski definition) is 1. The normalized spacial score (nSPS) is 10.5. The molecule has 1 aromatic heterocycles. The van der Waals surface area contributed by atoms with E-state index in [1.807, 2.05) is 26.0 Å². The van der Waals surface area contributed by atoms with Gasteiger partial charge in [0.05, 0.1) is 18.8 Å². The lowest BCUT2D eigenvalue weighted by molar-refractivity contribution is 0.141. The number of thiocarbonyl (C=S) groups is 1. The molecule has 0 bridgehead atoms. The fourth-order valence-corrected chi connectivity index (χ4v) is 1.96. The van der Waals surface area contributed by atoms with Gasteiger partial charge in [0.1, 0.15) is 10.8 Å². The average molecular weight is 297 g/mol. The van der Waals surface area contributed by atoms with Crippen molar-refractivity contribution in [1.29, 1.82) is 0 Å². The van der Waals surface area contributed by atoms with Crippen LogP contribution in [0.1, 0.15) is 19.4 Å². The van der Waals surface area contributed by atoms with Crippen molar-refractivity contribution in [2.75, 3.05) is 44.4 Å². The molecule has 0 saturated carbocycles. The number of nitrogens with zero attached hydrogens (tertiary/aromatic N) is 2. The number of pyridine rings is 1. The van der Waals surface area contributed by atoms with Gasteiger partial charge in [-0.15, -0.1) is 0 Å². The van der Waals surface area contributed by atoms with Crippen molar-refractivity contribution in [2.45, 2.75) is 13.8 Å².